The minimum atomic E-state index is -5.10. The standard InChI is InChI=1S/C23H19F6N3O4/c1-12(33)31-19(6-13-10-30-18-5-3-2-4-17(13)18)21(35)36-11-20(34)32-16-8-14(22(24,25)26)7-15(9-16)23(27,28)29/h2-5,7-10,19,30H,6,11H2,1H3,(H,31,33)(H,32,34)/t19-/m0/s1. The van der Waals surface area contributed by atoms with Crippen molar-refractivity contribution in [1.29, 1.82) is 0 Å². The van der Waals surface area contributed by atoms with Gasteiger partial charge in [-0.05, 0) is 29.8 Å². The Morgan fingerprint density at radius 2 is 1.58 bits per heavy atom. The number of para-hydroxylation sites is 1. The van der Waals surface area contributed by atoms with E-state index in [1.165, 1.54) is 0 Å². The van der Waals surface area contributed by atoms with Crippen LogP contribution in [0.3, 0.4) is 0 Å². The van der Waals surface area contributed by atoms with Gasteiger partial charge in [0.2, 0.25) is 5.91 Å². The number of rotatable bonds is 7. The van der Waals surface area contributed by atoms with Gasteiger partial charge in [0.15, 0.2) is 6.61 Å². The molecule has 7 nitrogen and oxygen atoms in total. The summed E-state index contributed by atoms with van der Waals surface area (Å²) in [6.45, 7) is 0.147. The van der Waals surface area contributed by atoms with Crippen LogP contribution in [-0.4, -0.2) is 35.4 Å². The second kappa shape index (κ2) is 10.3. The number of hydrogen-bond donors (Lipinski definition) is 3. The first-order valence-corrected chi connectivity index (χ1v) is 10.3. The maximum Gasteiger partial charge on any atom is 0.416 e. The van der Waals surface area contributed by atoms with Crippen LogP contribution < -0.4 is 10.6 Å². The van der Waals surface area contributed by atoms with Crippen LogP contribution in [0.25, 0.3) is 10.9 Å². The number of nitrogens with one attached hydrogen (secondary N) is 3. The fourth-order valence-electron chi connectivity index (χ4n) is 3.42. The minimum absolute atomic E-state index is 0.00733. The molecule has 0 spiro atoms. The number of H-pyrrole nitrogens is 1. The number of aromatic amines is 1. The smallest absolute Gasteiger partial charge is 0.416 e. The van der Waals surface area contributed by atoms with Gasteiger partial charge in [-0.2, -0.15) is 26.3 Å². The number of hydrogen-bond acceptors (Lipinski definition) is 4. The van der Waals surface area contributed by atoms with Crippen molar-refractivity contribution in [3.63, 3.8) is 0 Å². The fourth-order valence-corrected chi connectivity index (χ4v) is 3.42. The molecule has 1 atom stereocenters. The van der Waals surface area contributed by atoms with Crippen LogP contribution in [0.1, 0.15) is 23.6 Å². The molecule has 0 aliphatic rings. The van der Waals surface area contributed by atoms with Crippen molar-refractivity contribution in [3.05, 3.63) is 65.4 Å². The minimum Gasteiger partial charge on any atom is -0.454 e. The van der Waals surface area contributed by atoms with Crippen molar-refractivity contribution in [3.8, 4) is 0 Å². The topological polar surface area (TPSA) is 100 Å². The molecule has 3 N–H and O–H groups in total. The van der Waals surface area contributed by atoms with Crippen LogP contribution in [0.2, 0.25) is 0 Å². The second-order valence-electron chi connectivity index (χ2n) is 7.77. The highest BCUT2D eigenvalue weighted by molar-refractivity contribution is 5.94. The summed E-state index contributed by atoms with van der Waals surface area (Å²) in [4.78, 5) is 39.2. The second-order valence-corrected chi connectivity index (χ2v) is 7.77. The Morgan fingerprint density at radius 3 is 2.17 bits per heavy atom. The maximum atomic E-state index is 13.0. The number of aromatic nitrogens is 1. The summed E-state index contributed by atoms with van der Waals surface area (Å²) in [5.41, 5.74) is -2.57. The van der Waals surface area contributed by atoms with E-state index in [0.717, 1.165) is 17.8 Å². The summed E-state index contributed by atoms with van der Waals surface area (Å²) >= 11 is 0. The number of amides is 2. The Morgan fingerprint density at radius 1 is 0.972 bits per heavy atom. The number of alkyl halides is 6. The van der Waals surface area contributed by atoms with Crippen molar-refractivity contribution in [2.45, 2.75) is 31.7 Å². The molecule has 3 rings (SSSR count). The first kappa shape index (κ1) is 26.6. The van der Waals surface area contributed by atoms with E-state index >= 15 is 0 Å². The number of esters is 1. The molecule has 0 aliphatic heterocycles. The van der Waals surface area contributed by atoms with E-state index in [2.05, 4.69) is 10.3 Å². The summed E-state index contributed by atoms with van der Waals surface area (Å²) in [6.07, 6.45) is -8.57. The van der Waals surface area contributed by atoms with E-state index in [1.807, 2.05) is 5.32 Å². The zero-order valence-electron chi connectivity index (χ0n) is 18.5. The van der Waals surface area contributed by atoms with E-state index in [9.17, 15) is 40.7 Å². The van der Waals surface area contributed by atoms with E-state index in [1.54, 1.807) is 30.5 Å². The Kier molecular flexibility index (Phi) is 7.60. The van der Waals surface area contributed by atoms with Gasteiger partial charge in [-0.15, -0.1) is 0 Å². The fraction of sp³-hybridized carbons (Fsp3) is 0.261. The van der Waals surface area contributed by atoms with Crippen molar-refractivity contribution in [2.24, 2.45) is 0 Å². The molecule has 192 valence electrons. The lowest BCUT2D eigenvalue weighted by molar-refractivity contribution is -0.150. The molecule has 3 aromatic rings. The molecule has 36 heavy (non-hydrogen) atoms. The van der Waals surface area contributed by atoms with Crippen molar-refractivity contribution < 1.29 is 45.5 Å². The van der Waals surface area contributed by atoms with E-state index in [4.69, 9.17) is 4.74 Å². The first-order chi connectivity index (χ1) is 16.7. The first-order valence-electron chi connectivity index (χ1n) is 10.3. The van der Waals surface area contributed by atoms with Crippen LogP contribution in [0.5, 0.6) is 0 Å². The van der Waals surface area contributed by atoms with Gasteiger partial charge in [-0.25, -0.2) is 4.79 Å². The molecule has 13 heteroatoms. The quantitative estimate of drug-likeness (QED) is 0.320. The molecule has 0 bridgehead atoms. The molecule has 0 radical (unpaired) electrons. The lowest BCUT2D eigenvalue weighted by atomic mass is 10.0. The van der Waals surface area contributed by atoms with Gasteiger partial charge in [-0.3, -0.25) is 9.59 Å². The summed E-state index contributed by atoms with van der Waals surface area (Å²) in [6, 6.07) is 6.51. The van der Waals surface area contributed by atoms with Crippen LogP contribution in [-0.2, 0) is 37.9 Å². The van der Waals surface area contributed by atoms with E-state index in [-0.39, 0.29) is 12.5 Å². The molecular formula is C23H19F6N3O4. The summed E-state index contributed by atoms with van der Waals surface area (Å²) in [5.74, 6) is -2.76. The molecular weight excluding hydrogens is 496 g/mol. The molecule has 0 aliphatic carbocycles. The largest absolute Gasteiger partial charge is 0.454 e. The number of fused-ring (bicyclic) bond motifs is 1. The van der Waals surface area contributed by atoms with Gasteiger partial charge in [0.05, 0.1) is 11.1 Å². The number of ether oxygens (including phenoxy) is 1. The van der Waals surface area contributed by atoms with Crippen LogP contribution >= 0.6 is 0 Å². The monoisotopic (exact) mass is 515 g/mol. The van der Waals surface area contributed by atoms with Crippen molar-refractivity contribution in [1.82, 2.24) is 10.3 Å². The molecule has 0 unspecified atom stereocenters. The number of anilines is 1. The van der Waals surface area contributed by atoms with Gasteiger partial charge < -0.3 is 20.4 Å². The van der Waals surface area contributed by atoms with Crippen LogP contribution in [0.15, 0.2) is 48.7 Å². The van der Waals surface area contributed by atoms with E-state index < -0.39 is 59.6 Å². The highest BCUT2D eigenvalue weighted by Gasteiger charge is 2.37. The maximum absolute atomic E-state index is 13.0. The molecule has 2 amide bonds. The number of carbonyl (C=O) groups excluding carboxylic acids is 3. The molecule has 0 saturated heterocycles. The summed E-state index contributed by atoms with van der Waals surface area (Å²) < 4.78 is 82.8. The Hall–Kier alpha value is -4.03. The van der Waals surface area contributed by atoms with Gasteiger partial charge >= 0.3 is 18.3 Å². The zero-order valence-corrected chi connectivity index (χ0v) is 18.5. The normalized spacial score (nSPS) is 12.8. The Labute approximate surface area is 199 Å². The number of carbonyl (C=O) groups is 3. The van der Waals surface area contributed by atoms with E-state index in [0.29, 0.717) is 17.7 Å². The van der Waals surface area contributed by atoms with Gasteiger partial charge in [0.25, 0.3) is 5.91 Å². The SMILES string of the molecule is CC(=O)N[C@@H](Cc1c[nH]c2ccccc12)C(=O)OCC(=O)Nc1cc(C(F)(F)F)cc(C(F)(F)F)c1. The third-order valence-electron chi connectivity index (χ3n) is 4.98. The zero-order chi connectivity index (χ0) is 26.7. The average molecular weight is 515 g/mol. The molecule has 2 aromatic carbocycles. The predicted molar refractivity (Wildman–Crippen MR) is 116 cm³/mol. The Bertz CT molecular complexity index is 1250. The van der Waals surface area contributed by atoms with Crippen LogP contribution in [0.4, 0.5) is 32.0 Å². The lowest BCUT2D eigenvalue weighted by Gasteiger charge is -2.17. The average Bonchev–Trinajstić information content (AvgIpc) is 3.18. The molecule has 0 fully saturated rings. The van der Waals surface area contributed by atoms with Crippen molar-refractivity contribution in [2.75, 3.05) is 11.9 Å². The summed E-state index contributed by atoms with van der Waals surface area (Å²) in [5, 5.41) is 5.04. The highest BCUT2D eigenvalue weighted by Crippen LogP contribution is 2.37. The van der Waals surface area contributed by atoms with Crippen molar-refractivity contribution >= 4 is 34.4 Å². The molecule has 1 aromatic heterocycles. The molecule has 0 saturated carbocycles. The highest BCUT2D eigenvalue weighted by atomic mass is 19.4. The Balaban J connectivity index is 1.70. The third-order valence-corrected chi connectivity index (χ3v) is 4.98. The lowest BCUT2D eigenvalue weighted by Crippen LogP contribution is -2.43. The summed E-state index contributed by atoms with van der Waals surface area (Å²) in [7, 11) is 0. The number of benzene rings is 2. The van der Waals surface area contributed by atoms with Gasteiger partial charge in [0, 0.05) is 36.1 Å². The predicted octanol–water partition coefficient (Wildman–Crippen LogP) is 4.43. The molecule has 1 heterocycles. The van der Waals surface area contributed by atoms with Gasteiger partial charge in [-0.1, -0.05) is 18.2 Å². The van der Waals surface area contributed by atoms with Crippen LogP contribution in [0, 0.1) is 0 Å². The van der Waals surface area contributed by atoms with Gasteiger partial charge in [0.1, 0.15) is 6.04 Å². The number of halogens is 6. The third kappa shape index (κ3) is 6.77.